The zero-order valence-electron chi connectivity index (χ0n) is 6.89. The molecule has 0 unspecified atom stereocenters. The monoisotopic (exact) mass is 240 g/mol. The van der Waals surface area contributed by atoms with Crippen molar-refractivity contribution in [2.24, 2.45) is 23.7 Å². The zero-order chi connectivity index (χ0) is 8.74. The highest BCUT2D eigenvalue weighted by Crippen LogP contribution is 2.60. The van der Waals surface area contributed by atoms with Crippen molar-refractivity contribution in [3.63, 3.8) is 0 Å². The van der Waals surface area contributed by atoms with E-state index in [9.17, 15) is 4.79 Å². The summed E-state index contributed by atoms with van der Waals surface area (Å²) in [6.45, 7) is 0. The van der Waals surface area contributed by atoms with E-state index in [1.165, 1.54) is 0 Å². The van der Waals surface area contributed by atoms with E-state index in [2.05, 4.69) is 28.1 Å². The SMILES string of the molecule is O=C1[C@@H]2[C@@H]3C=C[C@@H]4[C@@H]3O[C@@H]2[C@H](Br)[C@H]14. The van der Waals surface area contributed by atoms with E-state index >= 15 is 0 Å². The first-order valence-electron chi connectivity index (χ1n) is 4.80. The molecule has 4 fully saturated rings. The summed E-state index contributed by atoms with van der Waals surface area (Å²) in [4.78, 5) is 12.2. The number of alkyl halides is 1. The van der Waals surface area contributed by atoms with Gasteiger partial charge in [-0.1, -0.05) is 28.1 Å². The van der Waals surface area contributed by atoms with E-state index in [-0.39, 0.29) is 22.8 Å². The molecule has 2 nitrogen and oxygen atoms in total. The van der Waals surface area contributed by atoms with E-state index in [1.807, 2.05) is 0 Å². The molecule has 3 aliphatic carbocycles. The molecule has 5 aliphatic rings. The smallest absolute Gasteiger partial charge is 0.144 e. The molecule has 2 saturated carbocycles. The average Bonchev–Trinajstić information content (AvgIpc) is 2.61. The van der Waals surface area contributed by atoms with Crippen molar-refractivity contribution >= 4 is 21.7 Å². The number of halogens is 1. The van der Waals surface area contributed by atoms with Crippen LogP contribution in [0.4, 0.5) is 0 Å². The Morgan fingerprint density at radius 2 is 1.85 bits per heavy atom. The van der Waals surface area contributed by atoms with Crippen molar-refractivity contribution in [2.45, 2.75) is 17.0 Å². The predicted octanol–water partition coefficient (Wildman–Crippen LogP) is 1.15. The molecule has 2 aliphatic heterocycles. The Kier molecular flexibility index (Phi) is 1.07. The Morgan fingerprint density at radius 1 is 1.15 bits per heavy atom. The first-order chi connectivity index (χ1) is 6.29. The number of hydrogen-bond acceptors (Lipinski definition) is 2. The van der Waals surface area contributed by atoms with Gasteiger partial charge in [0.1, 0.15) is 5.78 Å². The van der Waals surface area contributed by atoms with Crippen LogP contribution in [0.25, 0.3) is 0 Å². The van der Waals surface area contributed by atoms with Gasteiger partial charge in [0.15, 0.2) is 0 Å². The van der Waals surface area contributed by atoms with Crippen molar-refractivity contribution < 1.29 is 9.53 Å². The lowest BCUT2D eigenvalue weighted by Gasteiger charge is -2.34. The van der Waals surface area contributed by atoms with Crippen LogP contribution in [0.2, 0.25) is 0 Å². The van der Waals surface area contributed by atoms with Gasteiger partial charge >= 0.3 is 0 Å². The summed E-state index contributed by atoms with van der Waals surface area (Å²) in [6.07, 6.45) is 4.92. The Bertz CT molecular complexity index is 334. The van der Waals surface area contributed by atoms with Crippen LogP contribution < -0.4 is 0 Å². The molecule has 68 valence electrons. The fourth-order valence-corrected chi connectivity index (χ4v) is 4.72. The summed E-state index contributed by atoms with van der Waals surface area (Å²) >= 11 is 3.61. The fourth-order valence-electron chi connectivity index (χ4n) is 3.66. The Labute approximate surface area is 84.5 Å². The predicted molar refractivity (Wildman–Crippen MR) is 49.5 cm³/mol. The van der Waals surface area contributed by atoms with Gasteiger partial charge in [-0.25, -0.2) is 0 Å². The Morgan fingerprint density at radius 3 is 2.62 bits per heavy atom. The Balaban J connectivity index is 1.97. The molecule has 0 aromatic heterocycles. The number of carbonyl (C=O) groups is 1. The average molecular weight is 241 g/mol. The van der Waals surface area contributed by atoms with Gasteiger partial charge < -0.3 is 4.74 Å². The highest BCUT2D eigenvalue weighted by Gasteiger charge is 2.69. The lowest BCUT2D eigenvalue weighted by atomic mass is 9.76. The van der Waals surface area contributed by atoms with Gasteiger partial charge in [0.25, 0.3) is 0 Å². The second-order valence-electron chi connectivity index (χ2n) is 4.50. The normalized spacial score (nSPS) is 65.6. The molecule has 13 heavy (non-hydrogen) atoms. The first-order valence-corrected chi connectivity index (χ1v) is 5.72. The van der Waals surface area contributed by atoms with Crippen LogP contribution in [0.1, 0.15) is 0 Å². The quantitative estimate of drug-likeness (QED) is 0.469. The number of rotatable bonds is 0. The van der Waals surface area contributed by atoms with Gasteiger partial charge in [-0.15, -0.1) is 0 Å². The van der Waals surface area contributed by atoms with Crippen LogP contribution >= 0.6 is 15.9 Å². The van der Waals surface area contributed by atoms with Gasteiger partial charge in [-0.05, 0) is 0 Å². The van der Waals surface area contributed by atoms with Crippen molar-refractivity contribution in [2.75, 3.05) is 0 Å². The van der Waals surface area contributed by atoms with Crippen LogP contribution in [0.15, 0.2) is 12.2 Å². The maximum atomic E-state index is 11.9. The van der Waals surface area contributed by atoms with E-state index in [0.717, 1.165) is 0 Å². The van der Waals surface area contributed by atoms with E-state index in [0.29, 0.717) is 23.7 Å². The van der Waals surface area contributed by atoms with Crippen molar-refractivity contribution in [3.8, 4) is 0 Å². The zero-order valence-corrected chi connectivity index (χ0v) is 8.48. The van der Waals surface area contributed by atoms with E-state index in [1.54, 1.807) is 0 Å². The van der Waals surface area contributed by atoms with E-state index < -0.39 is 0 Å². The molecule has 3 heteroatoms. The minimum atomic E-state index is 0.175. The van der Waals surface area contributed by atoms with Crippen LogP contribution in [-0.2, 0) is 9.53 Å². The summed E-state index contributed by atoms with van der Waals surface area (Å²) in [5, 5.41) is 0. The molecule has 0 aromatic carbocycles. The number of Topliss-reactive ketones (excluding diaryl/α,β-unsaturated/α-hetero) is 1. The molecular formula is C10H9BrO2. The van der Waals surface area contributed by atoms with Crippen LogP contribution in [0.3, 0.4) is 0 Å². The van der Waals surface area contributed by atoms with Crippen molar-refractivity contribution in [3.05, 3.63) is 12.2 Å². The molecule has 0 spiro atoms. The number of hydrogen-bond donors (Lipinski definition) is 0. The standard InChI is InChI=1S/C10H9BrO2/c11-7-5-3-1-2-4-6(8(5)12)10(7)13-9(3)4/h1-7,9-10H/t3-,4-,5+,6-,7+,9-,10-/m0/s1. The van der Waals surface area contributed by atoms with Gasteiger partial charge in [-0.3, -0.25) is 4.79 Å². The molecule has 2 saturated heterocycles. The highest BCUT2D eigenvalue weighted by atomic mass is 79.9. The number of carbonyl (C=O) groups excluding carboxylic acids is 1. The van der Waals surface area contributed by atoms with Gasteiger partial charge in [0.2, 0.25) is 0 Å². The summed E-state index contributed by atoms with van der Waals surface area (Å²) in [5.41, 5.74) is 0. The van der Waals surface area contributed by atoms with Crippen molar-refractivity contribution in [1.82, 2.24) is 0 Å². The lowest BCUT2D eigenvalue weighted by Crippen LogP contribution is -2.42. The first kappa shape index (κ1) is 7.18. The summed E-state index contributed by atoms with van der Waals surface area (Å²) in [7, 11) is 0. The molecular weight excluding hydrogens is 232 g/mol. The van der Waals surface area contributed by atoms with Gasteiger partial charge in [0, 0.05) is 17.8 Å². The lowest BCUT2D eigenvalue weighted by molar-refractivity contribution is -0.128. The van der Waals surface area contributed by atoms with Gasteiger partial charge in [0.05, 0.1) is 23.0 Å². The highest BCUT2D eigenvalue weighted by molar-refractivity contribution is 9.09. The summed E-state index contributed by atoms with van der Waals surface area (Å²) in [5.74, 6) is 1.61. The van der Waals surface area contributed by atoms with Crippen LogP contribution in [0, 0.1) is 23.7 Å². The second-order valence-corrected chi connectivity index (χ2v) is 5.56. The molecule has 0 amide bonds. The molecule has 5 rings (SSSR count). The molecule has 0 aromatic rings. The molecule has 2 heterocycles. The third-order valence-corrected chi connectivity index (χ3v) is 5.22. The van der Waals surface area contributed by atoms with Crippen molar-refractivity contribution in [1.29, 1.82) is 0 Å². The minimum Gasteiger partial charge on any atom is -0.372 e. The molecule has 0 radical (unpaired) electrons. The summed E-state index contributed by atoms with van der Waals surface area (Å²) in [6, 6.07) is 0. The molecule has 6 bridgehead atoms. The van der Waals surface area contributed by atoms with Crippen LogP contribution in [0.5, 0.6) is 0 Å². The topological polar surface area (TPSA) is 26.3 Å². The second kappa shape index (κ2) is 1.94. The third-order valence-electron chi connectivity index (χ3n) is 4.13. The van der Waals surface area contributed by atoms with Gasteiger partial charge in [-0.2, -0.15) is 0 Å². The maximum Gasteiger partial charge on any atom is 0.144 e. The third kappa shape index (κ3) is 0.572. The minimum absolute atomic E-state index is 0.175. The molecule has 7 atom stereocenters. The Hall–Kier alpha value is -0.150. The number of ether oxygens (including phenoxy) is 1. The van der Waals surface area contributed by atoms with Crippen LogP contribution in [-0.4, -0.2) is 22.8 Å². The fraction of sp³-hybridized carbons (Fsp3) is 0.700. The number of ketones is 1. The summed E-state index contributed by atoms with van der Waals surface area (Å²) < 4.78 is 5.89. The maximum absolute atomic E-state index is 11.9. The van der Waals surface area contributed by atoms with E-state index in [4.69, 9.17) is 4.74 Å². The molecule has 0 N–H and O–H groups in total. The largest absolute Gasteiger partial charge is 0.372 e.